The van der Waals surface area contributed by atoms with Gasteiger partial charge in [-0.05, 0) is 25.5 Å². The van der Waals surface area contributed by atoms with Gasteiger partial charge in [0.1, 0.15) is 17.8 Å². The highest BCUT2D eigenvalue weighted by molar-refractivity contribution is 5.80. The molecule has 0 bridgehead atoms. The van der Waals surface area contributed by atoms with E-state index in [4.69, 9.17) is 4.42 Å². The Morgan fingerprint density at radius 2 is 2.10 bits per heavy atom. The van der Waals surface area contributed by atoms with Gasteiger partial charge < -0.3 is 15.1 Å². The number of rotatable bonds is 6. The van der Waals surface area contributed by atoms with E-state index in [-0.39, 0.29) is 6.04 Å². The van der Waals surface area contributed by atoms with Gasteiger partial charge in [0.2, 0.25) is 5.89 Å². The van der Waals surface area contributed by atoms with Gasteiger partial charge in [0, 0.05) is 31.0 Å². The quantitative estimate of drug-likeness (QED) is 0.494. The Morgan fingerprint density at radius 1 is 1.24 bits per heavy atom. The maximum Gasteiger partial charge on any atom is 0.226 e. The molecule has 1 atom stereocenters. The summed E-state index contributed by atoms with van der Waals surface area (Å²) in [6, 6.07) is 10.1. The Labute approximate surface area is 170 Å². The lowest BCUT2D eigenvalue weighted by Crippen LogP contribution is -2.47. The van der Waals surface area contributed by atoms with Crippen LogP contribution < -0.4 is 10.6 Å². The highest BCUT2D eigenvalue weighted by Gasteiger charge is 2.22. The van der Waals surface area contributed by atoms with E-state index in [1.165, 1.54) is 0 Å². The molecule has 3 aromatic rings. The molecular weight excluding hydrogens is 366 g/mol. The zero-order chi connectivity index (χ0) is 20.1. The predicted octanol–water partition coefficient (Wildman–Crippen LogP) is 2.57. The van der Waals surface area contributed by atoms with Crippen molar-refractivity contribution in [3.8, 4) is 11.5 Å². The van der Waals surface area contributed by atoms with Crippen LogP contribution in [0.5, 0.6) is 0 Å². The van der Waals surface area contributed by atoms with Gasteiger partial charge in [-0.25, -0.2) is 19.6 Å². The number of aliphatic imine (C=N–C) groups is 1. The van der Waals surface area contributed by atoms with E-state index in [0.29, 0.717) is 12.4 Å². The minimum absolute atomic E-state index is 0.267. The normalized spacial score (nSPS) is 16.5. The molecule has 2 N–H and O–H groups in total. The fourth-order valence-electron chi connectivity index (χ4n) is 3.39. The molecule has 0 saturated carbocycles. The minimum atomic E-state index is 0.267. The third-order valence-electron chi connectivity index (χ3n) is 4.87. The van der Waals surface area contributed by atoms with Crippen molar-refractivity contribution in [2.75, 3.05) is 6.54 Å². The predicted molar refractivity (Wildman–Crippen MR) is 111 cm³/mol. The van der Waals surface area contributed by atoms with Crippen LogP contribution in [-0.4, -0.2) is 38.3 Å². The summed E-state index contributed by atoms with van der Waals surface area (Å²) >= 11 is 0. The zero-order valence-electron chi connectivity index (χ0n) is 16.9. The summed E-state index contributed by atoms with van der Waals surface area (Å²) in [7, 11) is 0. The molecule has 0 amide bonds. The van der Waals surface area contributed by atoms with Crippen LogP contribution in [0.15, 0.2) is 46.0 Å². The van der Waals surface area contributed by atoms with Crippen molar-refractivity contribution in [2.24, 2.45) is 4.99 Å². The van der Waals surface area contributed by atoms with E-state index in [0.717, 1.165) is 61.2 Å². The topological polar surface area (TPSA) is 93.2 Å². The molecule has 3 heterocycles. The van der Waals surface area contributed by atoms with Crippen LogP contribution in [0.1, 0.15) is 37.6 Å². The number of guanidine groups is 1. The number of benzene rings is 1. The molecule has 0 radical (unpaired) electrons. The van der Waals surface area contributed by atoms with Gasteiger partial charge in [0.15, 0.2) is 11.8 Å². The molecule has 1 unspecified atom stereocenters. The lowest BCUT2D eigenvalue weighted by Gasteiger charge is -2.25. The molecule has 0 saturated heterocycles. The molecule has 1 aliphatic rings. The Bertz CT molecular complexity index is 961. The van der Waals surface area contributed by atoms with Crippen molar-refractivity contribution < 1.29 is 4.42 Å². The molecule has 0 aliphatic carbocycles. The molecule has 8 heteroatoms. The maximum atomic E-state index is 5.61. The number of aromatic nitrogens is 4. The third-order valence-corrected chi connectivity index (χ3v) is 4.87. The van der Waals surface area contributed by atoms with E-state index in [1.807, 2.05) is 35.0 Å². The Morgan fingerprint density at radius 3 is 2.90 bits per heavy atom. The standard InChI is InChI=1S/C21H27N7O/c1-3-18-26-19-11-10-16(13-28(19)27-18)25-21(22-4-2)23-12-17-14-29-20(24-17)15-8-6-5-7-9-15/h5-9,14,16H,3-4,10-13H2,1-2H3,(H2,22,23,25). The third kappa shape index (κ3) is 4.64. The van der Waals surface area contributed by atoms with Crippen molar-refractivity contribution in [3.63, 3.8) is 0 Å². The Hall–Kier alpha value is -3.16. The minimum Gasteiger partial charge on any atom is -0.444 e. The van der Waals surface area contributed by atoms with Gasteiger partial charge >= 0.3 is 0 Å². The van der Waals surface area contributed by atoms with Crippen LogP contribution in [-0.2, 0) is 25.9 Å². The van der Waals surface area contributed by atoms with Crippen LogP contribution in [0, 0.1) is 0 Å². The van der Waals surface area contributed by atoms with Crippen LogP contribution in [0.2, 0.25) is 0 Å². The average Bonchev–Trinajstić information content (AvgIpc) is 3.39. The van der Waals surface area contributed by atoms with Gasteiger partial charge in [-0.1, -0.05) is 25.1 Å². The first kappa shape index (κ1) is 19.2. The monoisotopic (exact) mass is 393 g/mol. The molecule has 152 valence electrons. The summed E-state index contributed by atoms with van der Waals surface area (Å²) in [6.45, 7) is 6.19. The smallest absolute Gasteiger partial charge is 0.226 e. The molecule has 4 rings (SSSR count). The van der Waals surface area contributed by atoms with Crippen LogP contribution in [0.3, 0.4) is 0 Å². The number of oxazole rings is 1. The van der Waals surface area contributed by atoms with Gasteiger partial charge in [-0.3, -0.25) is 0 Å². The summed E-state index contributed by atoms with van der Waals surface area (Å²) in [4.78, 5) is 13.8. The van der Waals surface area contributed by atoms with E-state index < -0.39 is 0 Å². The molecule has 0 fully saturated rings. The van der Waals surface area contributed by atoms with E-state index in [9.17, 15) is 0 Å². The van der Waals surface area contributed by atoms with Crippen LogP contribution >= 0.6 is 0 Å². The summed E-state index contributed by atoms with van der Waals surface area (Å²) in [5.74, 6) is 3.40. The Balaban J connectivity index is 1.40. The first-order valence-corrected chi connectivity index (χ1v) is 10.2. The van der Waals surface area contributed by atoms with E-state index >= 15 is 0 Å². The zero-order valence-corrected chi connectivity index (χ0v) is 16.9. The van der Waals surface area contributed by atoms with Crippen molar-refractivity contribution in [1.82, 2.24) is 30.4 Å². The molecule has 29 heavy (non-hydrogen) atoms. The molecule has 0 spiro atoms. The van der Waals surface area contributed by atoms with Crippen molar-refractivity contribution in [2.45, 2.75) is 52.2 Å². The summed E-state index contributed by atoms with van der Waals surface area (Å²) < 4.78 is 7.63. The molecule has 8 nitrogen and oxygen atoms in total. The lowest BCUT2D eigenvalue weighted by molar-refractivity contribution is 0.392. The van der Waals surface area contributed by atoms with Crippen LogP contribution in [0.25, 0.3) is 11.5 Å². The highest BCUT2D eigenvalue weighted by atomic mass is 16.3. The molecule has 1 aliphatic heterocycles. The Kier molecular flexibility index (Phi) is 5.88. The maximum absolute atomic E-state index is 5.61. The largest absolute Gasteiger partial charge is 0.444 e. The van der Waals surface area contributed by atoms with Gasteiger partial charge in [0.05, 0.1) is 13.1 Å². The highest BCUT2D eigenvalue weighted by Crippen LogP contribution is 2.18. The average molecular weight is 393 g/mol. The number of aryl methyl sites for hydroxylation is 2. The second-order valence-electron chi connectivity index (χ2n) is 7.07. The number of hydrogen-bond donors (Lipinski definition) is 2. The van der Waals surface area contributed by atoms with Gasteiger partial charge in [-0.15, -0.1) is 0 Å². The second kappa shape index (κ2) is 8.89. The summed E-state index contributed by atoms with van der Waals surface area (Å²) in [6.07, 6.45) is 4.47. The molecule has 1 aromatic carbocycles. The summed E-state index contributed by atoms with van der Waals surface area (Å²) in [5, 5.41) is 11.4. The SMILES string of the molecule is CCNC(=NCc1coc(-c2ccccc2)n1)NC1CCc2nc(CC)nn2C1. The fraction of sp³-hybridized carbons (Fsp3) is 0.429. The number of nitrogens with zero attached hydrogens (tertiary/aromatic N) is 5. The van der Waals surface area contributed by atoms with Crippen LogP contribution in [0.4, 0.5) is 0 Å². The lowest BCUT2D eigenvalue weighted by atomic mass is 10.1. The summed E-state index contributed by atoms with van der Waals surface area (Å²) in [5.41, 5.74) is 1.76. The molecule has 2 aromatic heterocycles. The number of nitrogens with one attached hydrogen (secondary N) is 2. The first-order valence-electron chi connectivity index (χ1n) is 10.2. The van der Waals surface area contributed by atoms with Gasteiger partial charge in [-0.2, -0.15) is 5.10 Å². The van der Waals surface area contributed by atoms with E-state index in [2.05, 4.69) is 44.5 Å². The number of hydrogen-bond acceptors (Lipinski definition) is 5. The van der Waals surface area contributed by atoms with E-state index in [1.54, 1.807) is 6.26 Å². The number of fused-ring (bicyclic) bond motifs is 1. The van der Waals surface area contributed by atoms with Crippen molar-refractivity contribution >= 4 is 5.96 Å². The first-order chi connectivity index (χ1) is 14.2. The van der Waals surface area contributed by atoms with Crippen molar-refractivity contribution in [1.29, 1.82) is 0 Å². The fourth-order valence-corrected chi connectivity index (χ4v) is 3.39. The second-order valence-corrected chi connectivity index (χ2v) is 7.07. The van der Waals surface area contributed by atoms with Crippen molar-refractivity contribution in [3.05, 3.63) is 53.9 Å². The van der Waals surface area contributed by atoms with Gasteiger partial charge in [0.25, 0.3) is 0 Å². The molecular formula is C21H27N7O.